The molecule has 0 aromatic heterocycles. The number of carbonyl (C=O) groups excluding carboxylic acids is 2. The molecule has 0 bridgehead atoms. The normalized spacial score (nSPS) is 17.2. The number of aliphatic carboxylic acids is 1. The highest BCUT2D eigenvalue weighted by molar-refractivity contribution is 6.27. The minimum Gasteiger partial charge on any atom is -0.481 e. The van der Waals surface area contributed by atoms with E-state index in [2.05, 4.69) is 0 Å². The highest BCUT2D eigenvalue weighted by Gasteiger charge is 2.50. The molecule has 1 fully saturated rings. The van der Waals surface area contributed by atoms with Crippen molar-refractivity contribution in [1.29, 1.82) is 0 Å². The summed E-state index contributed by atoms with van der Waals surface area (Å²) in [7, 11) is 0. The molecule has 1 N–H and O–H groups in total. The van der Waals surface area contributed by atoms with E-state index in [1.165, 1.54) is 4.90 Å². The fourth-order valence-electron chi connectivity index (χ4n) is 2.65. The summed E-state index contributed by atoms with van der Waals surface area (Å²) >= 11 is 5.87. The maximum atomic E-state index is 12.1. The molecule has 1 heterocycles. The Morgan fingerprint density at radius 2 is 1.48 bits per heavy atom. The van der Waals surface area contributed by atoms with E-state index in [-0.39, 0.29) is 12.3 Å². The molecule has 0 aromatic carbocycles. The number of carboxylic acid groups (broad SMARTS) is 1. The minimum absolute atomic E-state index is 0.240. The molecule has 132 valence electrons. The maximum absolute atomic E-state index is 12.1. The van der Waals surface area contributed by atoms with Crippen LogP contribution in [0.5, 0.6) is 0 Å². The van der Waals surface area contributed by atoms with E-state index in [0.717, 1.165) is 55.8 Å². The summed E-state index contributed by atoms with van der Waals surface area (Å²) in [4.78, 5) is 35.6. The molecule has 23 heavy (non-hydrogen) atoms. The van der Waals surface area contributed by atoms with Crippen LogP contribution in [0.2, 0.25) is 0 Å². The Labute approximate surface area is 142 Å². The number of unbranched alkanes of at least 4 members (excludes halogenated alkanes) is 7. The largest absolute Gasteiger partial charge is 0.481 e. The quantitative estimate of drug-likeness (QED) is 0.351. The lowest BCUT2D eigenvalue weighted by atomic mass is 10.1. The Kier molecular flexibility index (Phi) is 7.82. The van der Waals surface area contributed by atoms with Crippen molar-refractivity contribution in [2.24, 2.45) is 0 Å². The van der Waals surface area contributed by atoms with Crippen molar-refractivity contribution in [2.45, 2.75) is 77.2 Å². The zero-order valence-electron chi connectivity index (χ0n) is 14.0. The molecule has 0 radical (unpaired) electrons. The van der Waals surface area contributed by atoms with Crippen LogP contribution in [0.15, 0.2) is 0 Å². The Morgan fingerprint density at radius 3 is 1.91 bits per heavy atom. The third-order valence-electron chi connectivity index (χ3n) is 4.18. The lowest BCUT2D eigenvalue weighted by Crippen LogP contribution is -2.39. The SMILES string of the molecule is CC1(C)C(=O)N(CCCCCCCCCCC(=O)O)C(=O)N1Cl. The van der Waals surface area contributed by atoms with Gasteiger partial charge in [-0.15, -0.1) is 0 Å². The second-order valence-corrected chi connectivity index (χ2v) is 6.89. The van der Waals surface area contributed by atoms with Gasteiger partial charge in [-0.25, -0.2) is 9.21 Å². The first-order valence-electron chi connectivity index (χ1n) is 8.32. The average Bonchev–Trinajstić information content (AvgIpc) is 2.63. The fraction of sp³-hybridized carbons (Fsp3) is 0.812. The number of carboxylic acids is 1. The number of rotatable bonds is 11. The molecular weight excluding hydrogens is 320 g/mol. The Morgan fingerprint density at radius 1 is 1.00 bits per heavy atom. The number of nitrogens with zero attached hydrogens (tertiary/aromatic N) is 2. The zero-order valence-corrected chi connectivity index (χ0v) is 14.8. The van der Waals surface area contributed by atoms with Gasteiger partial charge in [0.05, 0.1) is 0 Å². The van der Waals surface area contributed by atoms with Gasteiger partial charge < -0.3 is 5.11 Å². The Bertz CT molecular complexity index is 440. The smallest absolute Gasteiger partial charge is 0.342 e. The third kappa shape index (κ3) is 5.68. The van der Waals surface area contributed by atoms with Gasteiger partial charge in [-0.1, -0.05) is 38.5 Å². The van der Waals surface area contributed by atoms with E-state index >= 15 is 0 Å². The van der Waals surface area contributed by atoms with E-state index in [9.17, 15) is 14.4 Å². The van der Waals surface area contributed by atoms with Crippen molar-refractivity contribution < 1.29 is 19.5 Å². The summed E-state index contributed by atoms with van der Waals surface area (Å²) in [6.07, 6.45) is 8.04. The van der Waals surface area contributed by atoms with E-state index in [1.807, 2.05) is 0 Å². The fourth-order valence-corrected chi connectivity index (χ4v) is 2.81. The number of hydrogen-bond donors (Lipinski definition) is 1. The van der Waals surface area contributed by atoms with E-state index in [1.54, 1.807) is 13.8 Å². The highest BCUT2D eigenvalue weighted by atomic mass is 35.5. The topological polar surface area (TPSA) is 77.9 Å². The van der Waals surface area contributed by atoms with Crippen molar-refractivity contribution in [1.82, 2.24) is 9.32 Å². The predicted octanol–water partition coefficient (Wildman–Crippen LogP) is 3.78. The summed E-state index contributed by atoms with van der Waals surface area (Å²) in [6, 6.07) is -0.430. The van der Waals surface area contributed by atoms with Crippen LogP contribution in [0.4, 0.5) is 4.79 Å². The molecule has 7 heteroatoms. The molecule has 1 aliphatic heterocycles. The van der Waals surface area contributed by atoms with Crippen LogP contribution in [0.1, 0.15) is 71.6 Å². The van der Waals surface area contributed by atoms with Crippen molar-refractivity contribution in [3.05, 3.63) is 0 Å². The van der Waals surface area contributed by atoms with Crippen LogP contribution in [0, 0.1) is 0 Å². The lowest BCUT2D eigenvalue weighted by Gasteiger charge is -2.19. The van der Waals surface area contributed by atoms with Gasteiger partial charge in [0.25, 0.3) is 5.91 Å². The highest BCUT2D eigenvalue weighted by Crippen LogP contribution is 2.29. The van der Waals surface area contributed by atoms with Gasteiger partial charge >= 0.3 is 12.0 Å². The summed E-state index contributed by atoms with van der Waals surface area (Å²) in [5.74, 6) is -0.967. The standard InChI is InChI=1S/C16H27ClN2O4/c1-16(2)14(22)18(15(23)19(16)17)12-10-8-6-4-3-5-7-9-11-13(20)21/h3-12H2,1-2H3,(H,20,21). The molecule has 1 rings (SSSR count). The number of imide groups is 1. The van der Waals surface area contributed by atoms with Gasteiger partial charge in [0.1, 0.15) is 5.54 Å². The first kappa shape index (κ1) is 19.7. The predicted molar refractivity (Wildman–Crippen MR) is 88.1 cm³/mol. The zero-order chi connectivity index (χ0) is 17.5. The first-order valence-corrected chi connectivity index (χ1v) is 8.66. The van der Waals surface area contributed by atoms with E-state index in [0.29, 0.717) is 6.54 Å². The number of amides is 3. The second kappa shape index (κ2) is 9.11. The van der Waals surface area contributed by atoms with Crippen molar-refractivity contribution >= 4 is 29.7 Å². The number of carbonyl (C=O) groups is 3. The van der Waals surface area contributed by atoms with Crippen LogP contribution in [-0.2, 0) is 9.59 Å². The molecule has 0 aliphatic carbocycles. The minimum atomic E-state index is -0.964. The molecule has 1 aliphatic rings. The molecule has 6 nitrogen and oxygen atoms in total. The molecule has 0 atom stereocenters. The number of hydrogen-bond acceptors (Lipinski definition) is 3. The molecule has 3 amide bonds. The van der Waals surface area contributed by atoms with E-state index < -0.39 is 17.5 Å². The molecule has 0 aromatic rings. The van der Waals surface area contributed by atoms with Crippen LogP contribution >= 0.6 is 11.8 Å². The van der Waals surface area contributed by atoms with Gasteiger partial charge in [-0.05, 0) is 26.7 Å². The van der Waals surface area contributed by atoms with Crippen LogP contribution in [0.3, 0.4) is 0 Å². The third-order valence-corrected chi connectivity index (χ3v) is 4.75. The monoisotopic (exact) mass is 346 g/mol. The van der Waals surface area contributed by atoms with Crippen LogP contribution in [-0.4, -0.2) is 44.4 Å². The van der Waals surface area contributed by atoms with Crippen LogP contribution < -0.4 is 0 Å². The Hall–Kier alpha value is -1.30. The summed E-state index contributed by atoms with van der Waals surface area (Å²) in [5.41, 5.74) is -0.964. The van der Waals surface area contributed by atoms with Crippen LogP contribution in [0.25, 0.3) is 0 Å². The molecular formula is C16H27ClN2O4. The molecule has 1 saturated heterocycles. The molecule has 0 unspecified atom stereocenters. The Balaban J connectivity index is 2.07. The van der Waals surface area contributed by atoms with Gasteiger partial charge in [0.15, 0.2) is 0 Å². The summed E-state index contributed by atoms with van der Waals surface area (Å²) in [6.45, 7) is 3.71. The first-order chi connectivity index (χ1) is 10.8. The van der Waals surface area contributed by atoms with Gasteiger partial charge in [0.2, 0.25) is 0 Å². The van der Waals surface area contributed by atoms with Gasteiger partial charge in [-0.3, -0.25) is 14.5 Å². The average molecular weight is 347 g/mol. The lowest BCUT2D eigenvalue weighted by molar-refractivity contribution is -0.137. The van der Waals surface area contributed by atoms with Gasteiger partial charge in [0, 0.05) is 24.7 Å². The maximum Gasteiger partial charge on any atom is 0.342 e. The van der Waals surface area contributed by atoms with Crippen molar-refractivity contribution in [2.75, 3.05) is 6.54 Å². The van der Waals surface area contributed by atoms with E-state index in [4.69, 9.17) is 16.9 Å². The summed E-state index contributed by atoms with van der Waals surface area (Å²) < 4.78 is 0.979. The molecule has 0 spiro atoms. The summed E-state index contributed by atoms with van der Waals surface area (Å²) in [5, 5.41) is 8.53. The number of urea groups is 1. The number of halogens is 1. The van der Waals surface area contributed by atoms with Gasteiger partial charge in [-0.2, -0.15) is 0 Å². The molecule has 0 saturated carbocycles. The van der Waals surface area contributed by atoms with Crippen molar-refractivity contribution in [3.63, 3.8) is 0 Å². The van der Waals surface area contributed by atoms with Crippen molar-refractivity contribution in [3.8, 4) is 0 Å². The second-order valence-electron chi connectivity index (χ2n) is 6.55.